The SMILES string of the molecule is Cc1ccc(NS(=O)(=O)c2ccc(F)c3ncccc23)cc1Cl. The molecule has 1 N–H and O–H groups in total. The first kappa shape index (κ1) is 15.7. The molecule has 0 atom stereocenters. The minimum absolute atomic E-state index is 0.0114. The van der Waals surface area contributed by atoms with Gasteiger partial charge in [0.15, 0.2) is 0 Å². The monoisotopic (exact) mass is 350 g/mol. The summed E-state index contributed by atoms with van der Waals surface area (Å²) in [7, 11) is -3.90. The van der Waals surface area contributed by atoms with Crippen molar-refractivity contribution < 1.29 is 12.8 Å². The summed E-state index contributed by atoms with van der Waals surface area (Å²) >= 11 is 6.01. The van der Waals surface area contributed by atoms with Gasteiger partial charge in [-0.3, -0.25) is 9.71 Å². The number of anilines is 1. The molecule has 0 saturated carbocycles. The highest BCUT2D eigenvalue weighted by Crippen LogP contribution is 2.27. The fourth-order valence-electron chi connectivity index (χ4n) is 2.21. The van der Waals surface area contributed by atoms with E-state index in [1.807, 2.05) is 6.92 Å². The van der Waals surface area contributed by atoms with E-state index >= 15 is 0 Å². The normalized spacial score (nSPS) is 11.6. The molecule has 0 fully saturated rings. The minimum Gasteiger partial charge on any atom is -0.280 e. The Hall–Kier alpha value is -2.18. The second-order valence-corrected chi connectivity index (χ2v) is 7.07. The molecule has 0 amide bonds. The minimum atomic E-state index is -3.90. The molecular weight excluding hydrogens is 339 g/mol. The van der Waals surface area contributed by atoms with Crippen molar-refractivity contribution >= 4 is 38.2 Å². The fraction of sp³-hybridized carbons (Fsp3) is 0.0625. The fourth-order valence-corrected chi connectivity index (χ4v) is 3.64. The van der Waals surface area contributed by atoms with Gasteiger partial charge >= 0.3 is 0 Å². The zero-order chi connectivity index (χ0) is 16.6. The Balaban J connectivity index is 2.10. The lowest BCUT2D eigenvalue weighted by Crippen LogP contribution is -2.13. The summed E-state index contributed by atoms with van der Waals surface area (Å²) in [5, 5.41) is 0.675. The third kappa shape index (κ3) is 3.00. The largest absolute Gasteiger partial charge is 0.280 e. The van der Waals surface area contributed by atoms with Gasteiger partial charge in [-0.2, -0.15) is 0 Å². The van der Waals surface area contributed by atoms with Crippen LogP contribution in [0.15, 0.2) is 53.6 Å². The van der Waals surface area contributed by atoms with Gasteiger partial charge < -0.3 is 0 Å². The standard InChI is InChI=1S/C16H12ClFN2O2S/c1-10-4-5-11(9-13(10)17)20-23(21,22)15-7-6-14(18)16-12(15)3-2-8-19-16/h2-9,20H,1H3. The summed E-state index contributed by atoms with van der Waals surface area (Å²) in [5.74, 6) is -0.571. The van der Waals surface area contributed by atoms with Crippen LogP contribution in [0, 0.1) is 12.7 Å². The van der Waals surface area contributed by atoms with Crippen molar-refractivity contribution in [2.75, 3.05) is 4.72 Å². The van der Waals surface area contributed by atoms with E-state index in [0.717, 1.165) is 11.6 Å². The van der Waals surface area contributed by atoms with Gasteiger partial charge in [-0.15, -0.1) is 0 Å². The molecule has 0 spiro atoms. The van der Waals surface area contributed by atoms with Crippen LogP contribution < -0.4 is 4.72 Å². The maximum atomic E-state index is 13.8. The van der Waals surface area contributed by atoms with Crippen LogP contribution in [0.2, 0.25) is 5.02 Å². The van der Waals surface area contributed by atoms with E-state index in [0.29, 0.717) is 10.7 Å². The van der Waals surface area contributed by atoms with Crippen molar-refractivity contribution in [2.45, 2.75) is 11.8 Å². The van der Waals surface area contributed by atoms with Crippen molar-refractivity contribution in [3.05, 3.63) is 65.1 Å². The zero-order valence-corrected chi connectivity index (χ0v) is 13.6. The lowest BCUT2D eigenvalue weighted by Gasteiger charge is -2.11. The van der Waals surface area contributed by atoms with Crippen LogP contribution in [0.25, 0.3) is 10.9 Å². The second kappa shape index (κ2) is 5.79. The molecule has 2 aromatic carbocycles. The smallest absolute Gasteiger partial charge is 0.262 e. The second-order valence-electron chi connectivity index (χ2n) is 5.01. The molecule has 1 heterocycles. The van der Waals surface area contributed by atoms with Crippen molar-refractivity contribution in [3.8, 4) is 0 Å². The van der Waals surface area contributed by atoms with Crippen LogP contribution in [-0.4, -0.2) is 13.4 Å². The number of rotatable bonds is 3. The Labute approximate surface area is 138 Å². The van der Waals surface area contributed by atoms with E-state index < -0.39 is 15.8 Å². The van der Waals surface area contributed by atoms with Gasteiger partial charge in [-0.1, -0.05) is 17.7 Å². The number of nitrogens with one attached hydrogen (secondary N) is 1. The van der Waals surface area contributed by atoms with Gasteiger partial charge in [-0.25, -0.2) is 12.8 Å². The molecule has 3 rings (SSSR count). The maximum Gasteiger partial charge on any atom is 0.262 e. The molecule has 3 aromatic rings. The number of benzene rings is 2. The first-order valence-electron chi connectivity index (χ1n) is 6.71. The number of hydrogen-bond acceptors (Lipinski definition) is 3. The Morgan fingerprint density at radius 1 is 1.17 bits per heavy atom. The van der Waals surface area contributed by atoms with Gasteiger partial charge in [-0.05, 0) is 48.9 Å². The van der Waals surface area contributed by atoms with E-state index in [-0.39, 0.29) is 15.8 Å². The Morgan fingerprint density at radius 2 is 1.96 bits per heavy atom. The number of aromatic nitrogens is 1. The zero-order valence-electron chi connectivity index (χ0n) is 12.0. The molecular formula is C16H12ClFN2O2S. The summed E-state index contributed by atoms with van der Waals surface area (Å²) in [4.78, 5) is 3.86. The molecule has 0 aliphatic rings. The van der Waals surface area contributed by atoms with Gasteiger partial charge in [0.05, 0.1) is 10.6 Å². The molecule has 0 radical (unpaired) electrons. The Kier molecular flexibility index (Phi) is 3.95. The van der Waals surface area contributed by atoms with E-state index in [1.54, 1.807) is 18.2 Å². The number of nitrogens with zero attached hydrogens (tertiary/aromatic N) is 1. The van der Waals surface area contributed by atoms with Crippen molar-refractivity contribution in [3.63, 3.8) is 0 Å². The third-order valence-electron chi connectivity index (χ3n) is 3.39. The number of pyridine rings is 1. The average Bonchev–Trinajstić information content (AvgIpc) is 2.51. The molecule has 0 saturated heterocycles. The van der Waals surface area contributed by atoms with E-state index in [9.17, 15) is 12.8 Å². The van der Waals surface area contributed by atoms with Crippen molar-refractivity contribution in [1.29, 1.82) is 0 Å². The molecule has 1 aromatic heterocycles. The van der Waals surface area contributed by atoms with Gasteiger partial charge in [0.2, 0.25) is 0 Å². The van der Waals surface area contributed by atoms with E-state index in [4.69, 9.17) is 11.6 Å². The summed E-state index contributed by atoms with van der Waals surface area (Å²) < 4.78 is 41.5. The number of hydrogen-bond donors (Lipinski definition) is 1. The van der Waals surface area contributed by atoms with Crippen LogP contribution in [0.3, 0.4) is 0 Å². The van der Waals surface area contributed by atoms with Gasteiger partial charge in [0, 0.05) is 16.6 Å². The predicted molar refractivity (Wildman–Crippen MR) is 88.7 cm³/mol. The van der Waals surface area contributed by atoms with Crippen LogP contribution in [0.4, 0.5) is 10.1 Å². The quantitative estimate of drug-likeness (QED) is 0.772. The molecule has 0 aliphatic heterocycles. The van der Waals surface area contributed by atoms with Crippen LogP contribution in [0.1, 0.15) is 5.56 Å². The Morgan fingerprint density at radius 3 is 2.70 bits per heavy atom. The van der Waals surface area contributed by atoms with E-state index in [2.05, 4.69) is 9.71 Å². The Bertz CT molecular complexity index is 1010. The summed E-state index contributed by atoms with van der Waals surface area (Å²) in [6.45, 7) is 1.82. The summed E-state index contributed by atoms with van der Waals surface area (Å²) in [6, 6.07) is 10.2. The van der Waals surface area contributed by atoms with Crippen molar-refractivity contribution in [2.24, 2.45) is 0 Å². The molecule has 4 nitrogen and oxygen atoms in total. The number of halogens is 2. The first-order valence-corrected chi connectivity index (χ1v) is 8.57. The highest BCUT2D eigenvalue weighted by atomic mass is 35.5. The van der Waals surface area contributed by atoms with Crippen molar-refractivity contribution in [1.82, 2.24) is 4.98 Å². The van der Waals surface area contributed by atoms with Crippen LogP contribution in [0.5, 0.6) is 0 Å². The molecule has 0 unspecified atom stereocenters. The number of fused-ring (bicyclic) bond motifs is 1. The summed E-state index contributed by atoms with van der Waals surface area (Å²) in [6.07, 6.45) is 1.41. The lowest BCUT2D eigenvalue weighted by atomic mass is 10.2. The number of aryl methyl sites for hydroxylation is 1. The molecule has 0 aliphatic carbocycles. The predicted octanol–water partition coefficient (Wildman–Crippen LogP) is 4.14. The van der Waals surface area contributed by atoms with Crippen LogP contribution >= 0.6 is 11.6 Å². The van der Waals surface area contributed by atoms with Gasteiger partial charge in [0.25, 0.3) is 10.0 Å². The van der Waals surface area contributed by atoms with E-state index in [1.165, 1.54) is 24.4 Å². The molecule has 7 heteroatoms. The molecule has 118 valence electrons. The van der Waals surface area contributed by atoms with Crippen LogP contribution in [-0.2, 0) is 10.0 Å². The first-order chi connectivity index (χ1) is 10.9. The maximum absolute atomic E-state index is 13.8. The highest BCUT2D eigenvalue weighted by molar-refractivity contribution is 7.93. The average molecular weight is 351 g/mol. The summed E-state index contributed by atoms with van der Waals surface area (Å²) in [5.41, 5.74) is 1.19. The highest BCUT2D eigenvalue weighted by Gasteiger charge is 2.19. The third-order valence-corrected chi connectivity index (χ3v) is 5.24. The molecule has 0 bridgehead atoms. The topological polar surface area (TPSA) is 59.1 Å². The molecule has 23 heavy (non-hydrogen) atoms. The van der Waals surface area contributed by atoms with Gasteiger partial charge in [0.1, 0.15) is 11.3 Å². The lowest BCUT2D eigenvalue weighted by molar-refractivity contribution is 0.601. The number of sulfonamides is 1.